The number of hydrogen-bond donors (Lipinski definition) is 1. The lowest BCUT2D eigenvalue weighted by atomic mass is 10.1. The molecule has 0 bridgehead atoms. The number of esters is 1. The Kier molecular flexibility index (Phi) is 5.72. The number of aromatic nitrogens is 1. The van der Waals surface area contributed by atoms with Crippen molar-refractivity contribution in [3.05, 3.63) is 23.9 Å². The molecule has 1 aromatic rings. The molecule has 1 unspecified atom stereocenters. The van der Waals surface area contributed by atoms with Gasteiger partial charge in [0.2, 0.25) is 0 Å². The molecule has 18 heavy (non-hydrogen) atoms. The molecule has 96 valence electrons. The quantitative estimate of drug-likeness (QED) is 0.619. The zero-order valence-electron chi connectivity index (χ0n) is 10.8. The van der Waals surface area contributed by atoms with E-state index in [1.165, 1.54) is 0 Å². The van der Waals surface area contributed by atoms with Crippen molar-refractivity contribution in [2.24, 2.45) is 0 Å². The van der Waals surface area contributed by atoms with Crippen LogP contribution in [0.15, 0.2) is 18.3 Å². The van der Waals surface area contributed by atoms with Crippen LogP contribution >= 0.6 is 0 Å². The predicted octanol–water partition coefficient (Wildman–Crippen LogP) is 2.47. The third kappa shape index (κ3) is 3.77. The van der Waals surface area contributed by atoms with Crippen molar-refractivity contribution >= 4 is 11.8 Å². The molecular weight excluding hydrogens is 228 g/mol. The Morgan fingerprint density at radius 2 is 2.39 bits per heavy atom. The van der Waals surface area contributed by atoms with Crippen molar-refractivity contribution in [2.45, 2.75) is 32.7 Å². The highest BCUT2D eigenvalue weighted by molar-refractivity contribution is 5.94. The Bertz CT molecular complexity index is 438. The van der Waals surface area contributed by atoms with E-state index in [1.807, 2.05) is 6.92 Å². The molecule has 4 heteroatoms. The monoisotopic (exact) mass is 246 g/mol. The van der Waals surface area contributed by atoms with Crippen molar-refractivity contribution in [3.63, 3.8) is 0 Å². The van der Waals surface area contributed by atoms with Gasteiger partial charge in [-0.05, 0) is 25.5 Å². The Hall–Kier alpha value is -2.02. The minimum atomic E-state index is -0.372. The van der Waals surface area contributed by atoms with Gasteiger partial charge >= 0.3 is 5.97 Å². The molecule has 0 spiro atoms. The van der Waals surface area contributed by atoms with E-state index in [2.05, 4.69) is 16.2 Å². The maximum absolute atomic E-state index is 11.8. The summed E-state index contributed by atoms with van der Waals surface area (Å²) in [6, 6.07) is 3.51. The summed E-state index contributed by atoms with van der Waals surface area (Å²) in [6.07, 6.45) is 8.39. The Morgan fingerprint density at radius 1 is 1.61 bits per heavy atom. The normalized spacial score (nSPS) is 11.4. The molecule has 0 saturated carbocycles. The van der Waals surface area contributed by atoms with Crippen LogP contribution in [-0.4, -0.2) is 23.6 Å². The standard InChI is InChI=1S/C14H18N2O2/c1-4-8-11(5-2)16-13-12(9-7-10-15-13)14(17)18-6-3/h1,7,9-11H,5-6,8H2,2-3H3,(H,15,16). The van der Waals surface area contributed by atoms with Crippen molar-refractivity contribution in [1.82, 2.24) is 4.98 Å². The molecule has 1 atom stereocenters. The van der Waals surface area contributed by atoms with Crippen LogP contribution in [0, 0.1) is 12.3 Å². The Balaban J connectivity index is 2.88. The summed E-state index contributed by atoms with van der Waals surface area (Å²) in [5.74, 6) is 2.76. The molecule has 0 aliphatic rings. The fraction of sp³-hybridized carbons (Fsp3) is 0.429. The van der Waals surface area contributed by atoms with Crippen LogP contribution in [0.3, 0.4) is 0 Å². The second-order valence-electron chi connectivity index (χ2n) is 3.78. The van der Waals surface area contributed by atoms with Crippen molar-refractivity contribution in [3.8, 4) is 12.3 Å². The van der Waals surface area contributed by atoms with Crippen LogP contribution in [0.2, 0.25) is 0 Å². The Morgan fingerprint density at radius 3 is 3.00 bits per heavy atom. The van der Waals surface area contributed by atoms with E-state index in [4.69, 9.17) is 11.2 Å². The van der Waals surface area contributed by atoms with E-state index in [0.717, 1.165) is 6.42 Å². The number of anilines is 1. The van der Waals surface area contributed by atoms with E-state index in [1.54, 1.807) is 25.3 Å². The lowest BCUT2D eigenvalue weighted by Gasteiger charge is -2.16. The number of nitrogens with one attached hydrogen (secondary N) is 1. The van der Waals surface area contributed by atoms with Gasteiger partial charge in [0.1, 0.15) is 11.4 Å². The maximum Gasteiger partial charge on any atom is 0.341 e. The summed E-state index contributed by atoms with van der Waals surface area (Å²) in [5.41, 5.74) is 0.440. The van der Waals surface area contributed by atoms with E-state index in [9.17, 15) is 4.79 Å². The second kappa shape index (κ2) is 7.33. The molecule has 0 aliphatic carbocycles. The molecule has 4 nitrogen and oxygen atoms in total. The summed E-state index contributed by atoms with van der Waals surface area (Å²) >= 11 is 0. The van der Waals surface area contributed by atoms with Gasteiger partial charge in [-0.1, -0.05) is 6.92 Å². The SMILES string of the molecule is C#CCC(CC)Nc1ncccc1C(=O)OCC. The van der Waals surface area contributed by atoms with Crippen LogP contribution in [-0.2, 0) is 4.74 Å². The highest BCUT2D eigenvalue weighted by Gasteiger charge is 2.15. The number of pyridine rings is 1. The van der Waals surface area contributed by atoms with Crippen LogP contribution in [0.4, 0.5) is 5.82 Å². The van der Waals surface area contributed by atoms with Crippen LogP contribution in [0.5, 0.6) is 0 Å². The minimum Gasteiger partial charge on any atom is -0.462 e. The maximum atomic E-state index is 11.8. The largest absolute Gasteiger partial charge is 0.462 e. The average molecular weight is 246 g/mol. The molecule has 0 aliphatic heterocycles. The first-order chi connectivity index (χ1) is 8.72. The zero-order valence-corrected chi connectivity index (χ0v) is 10.8. The van der Waals surface area contributed by atoms with Gasteiger partial charge in [-0.25, -0.2) is 9.78 Å². The highest BCUT2D eigenvalue weighted by Crippen LogP contribution is 2.15. The summed E-state index contributed by atoms with van der Waals surface area (Å²) in [4.78, 5) is 15.9. The third-order valence-corrected chi connectivity index (χ3v) is 2.50. The molecule has 1 aromatic heterocycles. The van der Waals surface area contributed by atoms with E-state index < -0.39 is 0 Å². The molecule has 1 heterocycles. The summed E-state index contributed by atoms with van der Waals surface area (Å²) in [5, 5.41) is 3.18. The molecule has 0 amide bonds. The molecule has 1 N–H and O–H groups in total. The summed E-state index contributed by atoms with van der Waals surface area (Å²) in [6.45, 7) is 4.14. The first-order valence-corrected chi connectivity index (χ1v) is 6.05. The second-order valence-corrected chi connectivity index (χ2v) is 3.78. The molecule has 0 fully saturated rings. The van der Waals surface area contributed by atoms with Gasteiger partial charge in [-0.3, -0.25) is 0 Å². The number of hydrogen-bond acceptors (Lipinski definition) is 4. The van der Waals surface area contributed by atoms with Gasteiger partial charge < -0.3 is 10.1 Å². The van der Waals surface area contributed by atoms with Crippen LogP contribution in [0.1, 0.15) is 37.0 Å². The van der Waals surface area contributed by atoms with Crippen molar-refractivity contribution < 1.29 is 9.53 Å². The summed E-state index contributed by atoms with van der Waals surface area (Å²) < 4.78 is 4.98. The van der Waals surface area contributed by atoms with E-state index in [-0.39, 0.29) is 12.0 Å². The van der Waals surface area contributed by atoms with Gasteiger partial charge in [-0.2, -0.15) is 0 Å². The first kappa shape index (κ1) is 14.0. The fourth-order valence-corrected chi connectivity index (χ4v) is 1.53. The molecule has 0 saturated heterocycles. The van der Waals surface area contributed by atoms with Crippen LogP contribution in [0.25, 0.3) is 0 Å². The molecule has 0 aromatic carbocycles. The summed E-state index contributed by atoms with van der Waals surface area (Å²) in [7, 11) is 0. The van der Waals surface area contributed by atoms with Crippen LogP contribution < -0.4 is 5.32 Å². The molecule has 1 rings (SSSR count). The van der Waals surface area contributed by atoms with E-state index in [0.29, 0.717) is 24.4 Å². The topological polar surface area (TPSA) is 51.2 Å². The predicted molar refractivity (Wildman–Crippen MR) is 71.3 cm³/mol. The van der Waals surface area contributed by atoms with Crippen molar-refractivity contribution in [1.29, 1.82) is 0 Å². The highest BCUT2D eigenvalue weighted by atomic mass is 16.5. The van der Waals surface area contributed by atoms with Crippen molar-refractivity contribution in [2.75, 3.05) is 11.9 Å². The fourth-order valence-electron chi connectivity index (χ4n) is 1.53. The Labute approximate surface area is 108 Å². The van der Waals surface area contributed by atoms with Gasteiger partial charge in [0, 0.05) is 18.7 Å². The number of nitrogens with zero attached hydrogens (tertiary/aromatic N) is 1. The number of ether oxygens (including phenoxy) is 1. The first-order valence-electron chi connectivity index (χ1n) is 6.05. The van der Waals surface area contributed by atoms with Gasteiger partial charge in [0.05, 0.1) is 6.61 Å². The average Bonchev–Trinajstić information content (AvgIpc) is 2.39. The van der Waals surface area contributed by atoms with E-state index >= 15 is 0 Å². The lowest BCUT2D eigenvalue weighted by Crippen LogP contribution is -2.21. The zero-order chi connectivity index (χ0) is 13.4. The smallest absolute Gasteiger partial charge is 0.341 e. The number of carbonyl (C=O) groups excluding carboxylic acids is 1. The van der Waals surface area contributed by atoms with Gasteiger partial charge in [-0.15, -0.1) is 12.3 Å². The molecular formula is C14H18N2O2. The number of rotatable bonds is 6. The van der Waals surface area contributed by atoms with Gasteiger partial charge in [0.25, 0.3) is 0 Å². The molecule has 0 radical (unpaired) electrons. The minimum absolute atomic E-state index is 0.109. The lowest BCUT2D eigenvalue weighted by molar-refractivity contribution is 0.0527. The third-order valence-electron chi connectivity index (χ3n) is 2.50. The number of terminal acetylenes is 1. The number of carbonyl (C=O) groups is 1. The van der Waals surface area contributed by atoms with Gasteiger partial charge in [0.15, 0.2) is 0 Å².